The van der Waals surface area contributed by atoms with Gasteiger partial charge in [-0.2, -0.15) is 12.7 Å². The van der Waals surface area contributed by atoms with Crippen molar-refractivity contribution in [2.75, 3.05) is 20.6 Å². The Bertz CT molecular complexity index is 723. The molecule has 0 radical (unpaired) electrons. The molecule has 0 saturated heterocycles. The van der Waals surface area contributed by atoms with Crippen molar-refractivity contribution >= 4 is 32.7 Å². The van der Waals surface area contributed by atoms with Crippen molar-refractivity contribution in [1.29, 1.82) is 0 Å². The summed E-state index contributed by atoms with van der Waals surface area (Å²) in [6, 6.07) is 5.66. The molecule has 0 bridgehead atoms. The molecule has 20 heavy (non-hydrogen) atoms. The highest BCUT2D eigenvalue weighted by Crippen LogP contribution is 2.25. The van der Waals surface area contributed by atoms with Crippen LogP contribution in [0, 0.1) is 6.92 Å². The van der Waals surface area contributed by atoms with Crippen molar-refractivity contribution in [3.63, 3.8) is 0 Å². The summed E-state index contributed by atoms with van der Waals surface area (Å²) in [5.74, 6) is 0. The van der Waals surface area contributed by atoms with Crippen molar-refractivity contribution in [3.8, 4) is 0 Å². The number of rotatable bonds is 5. The molecule has 0 amide bonds. The summed E-state index contributed by atoms with van der Waals surface area (Å²) >= 11 is 6.02. The van der Waals surface area contributed by atoms with Gasteiger partial charge in [0.25, 0.3) is 10.2 Å². The Hall–Kier alpha value is -1.08. The topological polar surface area (TPSA) is 65.2 Å². The average molecular weight is 316 g/mol. The van der Waals surface area contributed by atoms with Crippen LogP contribution in [0.4, 0.5) is 0 Å². The highest BCUT2D eigenvalue weighted by molar-refractivity contribution is 7.87. The number of H-pyrrole nitrogens is 1. The molecule has 7 heteroatoms. The average Bonchev–Trinajstić information content (AvgIpc) is 2.65. The largest absolute Gasteiger partial charge is 0.358 e. The minimum atomic E-state index is -3.38. The van der Waals surface area contributed by atoms with Crippen LogP contribution in [0.25, 0.3) is 10.9 Å². The van der Waals surface area contributed by atoms with E-state index in [-0.39, 0.29) is 0 Å². The van der Waals surface area contributed by atoms with E-state index >= 15 is 0 Å². The molecule has 0 aliphatic carbocycles. The van der Waals surface area contributed by atoms with Crippen LogP contribution < -0.4 is 4.72 Å². The van der Waals surface area contributed by atoms with Gasteiger partial charge in [0.15, 0.2) is 0 Å². The molecule has 2 rings (SSSR count). The number of aromatic amines is 1. The lowest BCUT2D eigenvalue weighted by molar-refractivity contribution is 0.506. The first kappa shape index (κ1) is 15.3. The maximum Gasteiger partial charge on any atom is 0.278 e. The van der Waals surface area contributed by atoms with Crippen LogP contribution in [0.2, 0.25) is 5.02 Å². The first-order chi connectivity index (χ1) is 9.31. The molecule has 2 aromatic rings. The van der Waals surface area contributed by atoms with Gasteiger partial charge in [-0.25, -0.2) is 4.72 Å². The van der Waals surface area contributed by atoms with Crippen molar-refractivity contribution in [1.82, 2.24) is 14.0 Å². The second kappa shape index (κ2) is 5.73. The maximum absolute atomic E-state index is 11.6. The van der Waals surface area contributed by atoms with Gasteiger partial charge in [0.1, 0.15) is 0 Å². The zero-order chi connectivity index (χ0) is 14.9. The third-order valence-electron chi connectivity index (χ3n) is 3.22. The number of nitrogens with one attached hydrogen (secondary N) is 2. The molecule has 1 aromatic carbocycles. The summed E-state index contributed by atoms with van der Waals surface area (Å²) in [6.45, 7) is 2.32. The zero-order valence-corrected chi connectivity index (χ0v) is 13.3. The fourth-order valence-corrected chi connectivity index (χ4v) is 2.90. The van der Waals surface area contributed by atoms with Crippen LogP contribution in [0.1, 0.15) is 11.3 Å². The molecule has 0 aliphatic rings. The molecule has 0 atom stereocenters. The number of fused-ring (bicyclic) bond motifs is 1. The normalized spacial score (nSPS) is 12.4. The van der Waals surface area contributed by atoms with E-state index in [2.05, 4.69) is 9.71 Å². The molecule has 0 saturated carbocycles. The molecule has 1 heterocycles. The lowest BCUT2D eigenvalue weighted by Crippen LogP contribution is -2.36. The summed E-state index contributed by atoms with van der Waals surface area (Å²) in [5, 5.41) is 1.71. The molecule has 0 spiro atoms. The number of nitrogens with zero attached hydrogens (tertiary/aromatic N) is 1. The van der Waals surface area contributed by atoms with Crippen LogP contribution in [0.15, 0.2) is 18.2 Å². The van der Waals surface area contributed by atoms with Gasteiger partial charge in [0, 0.05) is 42.3 Å². The van der Waals surface area contributed by atoms with Gasteiger partial charge in [-0.05, 0) is 37.1 Å². The smallest absolute Gasteiger partial charge is 0.278 e. The number of aryl methyl sites for hydroxylation is 1. The fourth-order valence-electron chi connectivity index (χ4n) is 2.11. The summed E-state index contributed by atoms with van der Waals surface area (Å²) in [4.78, 5) is 3.28. The number of hydrogen-bond acceptors (Lipinski definition) is 2. The molecule has 0 fully saturated rings. The van der Waals surface area contributed by atoms with Crippen LogP contribution in [-0.2, 0) is 16.6 Å². The molecule has 110 valence electrons. The Morgan fingerprint density at radius 1 is 1.35 bits per heavy atom. The maximum atomic E-state index is 11.6. The summed E-state index contributed by atoms with van der Waals surface area (Å²) < 4.78 is 27.0. The van der Waals surface area contributed by atoms with Crippen molar-refractivity contribution in [3.05, 3.63) is 34.5 Å². The third-order valence-corrected chi connectivity index (χ3v) is 4.99. The number of benzene rings is 1. The van der Waals surface area contributed by atoms with Crippen LogP contribution in [0.3, 0.4) is 0 Å². The fraction of sp³-hybridized carbons (Fsp3) is 0.385. The Balaban J connectivity index is 2.18. The Labute approximate surface area is 124 Å². The lowest BCUT2D eigenvalue weighted by atomic mass is 10.1. The molecule has 0 unspecified atom stereocenters. The predicted octanol–water partition coefficient (Wildman–Crippen LogP) is 2.07. The predicted molar refractivity (Wildman–Crippen MR) is 82.4 cm³/mol. The van der Waals surface area contributed by atoms with Gasteiger partial charge in [0.2, 0.25) is 0 Å². The molecule has 5 nitrogen and oxygen atoms in total. The van der Waals surface area contributed by atoms with Crippen LogP contribution >= 0.6 is 11.6 Å². The quantitative estimate of drug-likeness (QED) is 0.887. The van der Waals surface area contributed by atoms with Crippen LogP contribution in [0.5, 0.6) is 0 Å². The zero-order valence-electron chi connectivity index (χ0n) is 11.7. The Morgan fingerprint density at radius 3 is 2.70 bits per heavy atom. The molecule has 1 aromatic heterocycles. The minimum Gasteiger partial charge on any atom is -0.358 e. The summed E-state index contributed by atoms with van der Waals surface area (Å²) in [7, 11) is -0.381. The first-order valence-electron chi connectivity index (χ1n) is 6.25. The summed E-state index contributed by atoms with van der Waals surface area (Å²) in [5.41, 5.74) is 3.13. The highest BCUT2D eigenvalue weighted by atomic mass is 35.5. The summed E-state index contributed by atoms with van der Waals surface area (Å²) in [6.07, 6.45) is 0.610. The molecule has 0 aliphatic heterocycles. The monoisotopic (exact) mass is 315 g/mol. The second-order valence-corrected chi connectivity index (χ2v) is 7.26. The van der Waals surface area contributed by atoms with E-state index in [4.69, 9.17) is 11.6 Å². The second-order valence-electron chi connectivity index (χ2n) is 4.85. The van der Waals surface area contributed by atoms with Crippen molar-refractivity contribution in [2.24, 2.45) is 0 Å². The van der Waals surface area contributed by atoms with E-state index in [9.17, 15) is 8.42 Å². The van der Waals surface area contributed by atoms with E-state index < -0.39 is 10.2 Å². The molecular formula is C13H18ClN3O2S. The Morgan fingerprint density at radius 2 is 2.05 bits per heavy atom. The van der Waals surface area contributed by atoms with E-state index in [1.807, 2.05) is 25.1 Å². The molecule has 2 N–H and O–H groups in total. The van der Waals surface area contributed by atoms with Crippen molar-refractivity contribution in [2.45, 2.75) is 13.3 Å². The molecular weight excluding hydrogens is 298 g/mol. The number of hydrogen-bond donors (Lipinski definition) is 2. The van der Waals surface area contributed by atoms with Gasteiger partial charge in [-0.1, -0.05) is 11.6 Å². The van der Waals surface area contributed by atoms with Gasteiger partial charge in [0.05, 0.1) is 0 Å². The Kier molecular flexibility index (Phi) is 4.39. The van der Waals surface area contributed by atoms with Gasteiger partial charge in [-0.3, -0.25) is 0 Å². The van der Waals surface area contributed by atoms with Gasteiger partial charge in [-0.15, -0.1) is 0 Å². The van der Waals surface area contributed by atoms with E-state index in [1.54, 1.807) is 0 Å². The third kappa shape index (κ3) is 3.15. The van der Waals surface area contributed by atoms with Gasteiger partial charge < -0.3 is 4.98 Å². The van der Waals surface area contributed by atoms with Crippen LogP contribution in [-0.4, -0.2) is 38.3 Å². The van der Waals surface area contributed by atoms with Crippen molar-refractivity contribution < 1.29 is 8.42 Å². The first-order valence-corrected chi connectivity index (χ1v) is 8.07. The SMILES string of the molecule is Cc1[nH]c2ccc(Cl)cc2c1CCNS(=O)(=O)N(C)C. The standard InChI is InChI=1S/C13H18ClN3O2S/c1-9-11(6-7-15-20(18,19)17(2)3)12-8-10(14)4-5-13(12)16-9/h4-5,8,15-16H,6-7H2,1-3H3. The lowest BCUT2D eigenvalue weighted by Gasteiger charge is -2.12. The van der Waals surface area contributed by atoms with E-state index in [1.165, 1.54) is 14.1 Å². The number of aromatic nitrogens is 1. The highest BCUT2D eigenvalue weighted by Gasteiger charge is 2.14. The van der Waals surface area contributed by atoms with E-state index in [0.29, 0.717) is 18.0 Å². The minimum absolute atomic E-state index is 0.348. The number of halogens is 1. The van der Waals surface area contributed by atoms with Gasteiger partial charge >= 0.3 is 0 Å². The van der Waals surface area contributed by atoms with E-state index in [0.717, 1.165) is 26.5 Å².